The van der Waals surface area contributed by atoms with E-state index in [1.807, 2.05) is 0 Å². The predicted molar refractivity (Wildman–Crippen MR) is 38.8 cm³/mol. The number of nitrogens with zero attached hydrogens (tertiary/aromatic N) is 5. The molecule has 0 radical (unpaired) electrons. The first-order chi connectivity index (χ1) is 5.47. The van der Waals surface area contributed by atoms with Gasteiger partial charge in [0.15, 0.2) is 5.82 Å². The molecule has 0 aliphatic carbocycles. The number of allylic oxidation sites excluding steroid dienone is 1. The molecule has 0 amide bonds. The quantitative estimate of drug-likeness (QED) is 0.546. The van der Waals surface area contributed by atoms with Gasteiger partial charge in [-0.15, -0.1) is 10.2 Å². The Morgan fingerprint density at radius 1 is 1.18 bits per heavy atom. The minimum absolute atomic E-state index is 0.519. The van der Waals surface area contributed by atoms with Gasteiger partial charge in [-0.05, 0) is 22.6 Å². The Kier molecular flexibility index (Phi) is 1.29. The molecule has 2 heterocycles. The molecule has 1 aliphatic rings. The van der Waals surface area contributed by atoms with Crippen LogP contribution in [0.5, 0.6) is 0 Å². The summed E-state index contributed by atoms with van der Waals surface area (Å²) < 4.78 is 0. The molecule has 11 heavy (non-hydrogen) atoms. The molecule has 0 atom stereocenters. The van der Waals surface area contributed by atoms with Gasteiger partial charge in [-0.25, -0.2) is 0 Å². The first-order valence-electron chi connectivity index (χ1n) is 2.98. The molecular formula is C5H4N6. The van der Waals surface area contributed by atoms with Gasteiger partial charge in [-0.1, -0.05) is 0 Å². The molecule has 0 aromatic carbocycles. The van der Waals surface area contributed by atoms with E-state index in [2.05, 4.69) is 31.2 Å². The minimum Gasteiger partial charge on any atom is -0.258 e. The van der Waals surface area contributed by atoms with Crippen molar-refractivity contribution in [3.8, 4) is 0 Å². The fourth-order valence-electron chi connectivity index (χ4n) is 0.699. The number of hydrogen-bond donors (Lipinski definition) is 1. The van der Waals surface area contributed by atoms with Gasteiger partial charge >= 0.3 is 0 Å². The van der Waals surface area contributed by atoms with Crippen LogP contribution in [-0.2, 0) is 0 Å². The van der Waals surface area contributed by atoms with E-state index in [0.29, 0.717) is 11.5 Å². The predicted octanol–water partition coefficient (Wildman–Crippen LogP) is -0.309. The molecule has 0 saturated carbocycles. The SMILES string of the molecule is C1=Cc2nnnnc2NN=C1. The lowest BCUT2D eigenvalue weighted by molar-refractivity contribution is 0.759. The summed E-state index contributed by atoms with van der Waals surface area (Å²) in [6, 6.07) is 0. The number of fused-ring (bicyclic) bond motifs is 1. The van der Waals surface area contributed by atoms with Gasteiger partial charge in [0.25, 0.3) is 0 Å². The smallest absolute Gasteiger partial charge is 0.198 e. The van der Waals surface area contributed by atoms with E-state index in [1.54, 1.807) is 18.4 Å². The van der Waals surface area contributed by atoms with Crippen molar-refractivity contribution in [2.45, 2.75) is 0 Å². The van der Waals surface area contributed by atoms with Crippen molar-refractivity contribution in [2.24, 2.45) is 5.10 Å². The Morgan fingerprint density at radius 3 is 3.09 bits per heavy atom. The Morgan fingerprint density at radius 2 is 2.09 bits per heavy atom. The average Bonchev–Trinajstić information content (AvgIpc) is 2.28. The van der Waals surface area contributed by atoms with Gasteiger partial charge in [0.2, 0.25) is 0 Å². The summed E-state index contributed by atoms with van der Waals surface area (Å²) in [7, 11) is 0. The maximum absolute atomic E-state index is 3.78. The molecule has 1 aromatic rings. The van der Waals surface area contributed by atoms with Crippen molar-refractivity contribution in [3.05, 3.63) is 11.8 Å². The van der Waals surface area contributed by atoms with E-state index in [1.165, 1.54) is 0 Å². The zero-order valence-corrected chi connectivity index (χ0v) is 5.47. The second-order valence-corrected chi connectivity index (χ2v) is 1.86. The fourth-order valence-corrected chi connectivity index (χ4v) is 0.699. The van der Waals surface area contributed by atoms with Crippen LogP contribution >= 0.6 is 0 Å². The first-order valence-corrected chi connectivity index (χ1v) is 2.98. The third kappa shape index (κ3) is 1.05. The zero-order chi connectivity index (χ0) is 7.52. The van der Waals surface area contributed by atoms with E-state index in [4.69, 9.17) is 0 Å². The van der Waals surface area contributed by atoms with E-state index >= 15 is 0 Å². The van der Waals surface area contributed by atoms with Crippen LogP contribution < -0.4 is 5.43 Å². The largest absolute Gasteiger partial charge is 0.258 e. The van der Waals surface area contributed by atoms with Gasteiger partial charge in [-0.3, -0.25) is 5.43 Å². The summed E-state index contributed by atoms with van der Waals surface area (Å²) in [5, 5.41) is 17.9. The molecule has 0 fully saturated rings. The highest BCUT2D eigenvalue weighted by atomic mass is 15.5. The maximum atomic E-state index is 3.78. The molecule has 0 bridgehead atoms. The number of aromatic nitrogens is 4. The Labute approximate surface area is 62.0 Å². The van der Waals surface area contributed by atoms with Crippen LogP contribution in [0.3, 0.4) is 0 Å². The molecule has 1 N–H and O–H groups in total. The highest BCUT2D eigenvalue weighted by molar-refractivity contribution is 5.81. The standard InChI is InChI=1S/C5H4N6/c1-2-4-5(8-6-3-1)9-11-10-7-4/h1-3H,(H,8,9,10). The van der Waals surface area contributed by atoms with Crippen molar-refractivity contribution < 1.29 is 0 Å². The normalized spacial score (nSPS) is 13.5. The molecule has 0 unspecified atom stereocenters. The Balaban J connectivity index is 2.52. The van der Waals surface area contributed by atoms with E-state index < -0.39 is 0 Å². The number of hydrazone groups is 1. The lowest BCUT2D eigenvalue weighted by Crippen LogP contribution is -2.00. The Hall–Kier alpha value is -1.85. The lowest BCUT2D eigenvalue weighted by atomic mass is 10.4. The van der Waals surface area contributed by atoms with Crippen molar-refractivity contribution in [1.82, 2.24) is 20.6 Å². The third-order valence-corrected chi connectivity index (χ3v) is 1.16. The number of rotatable bonds is 0. The van der Waals surface area contributed by atoms with Crippen molar-refractivity contribution in [2.75, 3.05) is 5.43 Å². The zero-order valence-electron chi connectivity index (χ0n) is 5.47. The van der Waals surface area contributed by atoms with Crippen LogP contribution in [0.25, 0.3) is 6.08 Å². The summed E-state index contributed by atoms with van der Waals surface area (Å²) in [5.74, 6) is 0.519. The van der Waals surface area contributed by atoms with Crippen LogP contribution in [0, 0.1) is 0 Å². The van der Waals surface area contributed by atoms with E-state index in [0.717, 1.165) is 0 Å². The summed E-state index contributed by atoms with van der Waals surface area (Å²) in [6.45, 7) is 0. The van der Waals surface area contributed by atoms with Crippen molar-refractivity contribution in [1.29, 1.82) is 0 Å². The van der Waals surface area contributed by atoms with Crippen LogP contribution in [0.4, 0.5) is 5.82 Å². The van der Waals surface area contributed by atoms with Crippen molar-refractivity contribution >= 4 is 18.1 Å². The van der Waals surface area contributed by atoms with Gasteiger partial charge in [-0.2, -0.15) is 5.10 Å². The molecule has 6 heteroatoms. The first kappa shape index (κ1) is 5.90. The fraction of sp³-hybridized carbons (Fsp3) is 0. The van der Waals surface area contributed by atoms with E-state index in [-0.39, 0.29) is 0 Å². The average molecular weight is 148 g/mol. The molecule has 54 valence electrons. The van der Waals surface area contributed by atoms with Crippen LogP contribution in [0.2, 0.25) is 0 Å². The summed E-state index contributed by atoms with van der Waals surface area (Å²) >= 11 is 0. The molecule has 1 aliphatic heterocycles. The monoisotopic (exact) mass is 148 g/mol. The molecular weight excluding hydrogens is 144 g/mol. The van der Waals surface area contributed by atoms with Crippen LogP contribution in [0.15, 0.2) is 11.2 Å². The van der Waals surface area contributed by atoms with Gasteiger partial charge in [0.05, 0.1) is 0 Å². The third-order valence-electron chi connectivity index (χ3n) is 1.16. The Bertz CT molecular complexity index is 317. The molecule has 2 rings (SSSR count). The maximum Gasteiger partial charge on any atom is 0.198 e. The highest BCUT2D eigenvalue weighted by Crippen LogP contribution is 2.08. The summed E-state index contributed by atoms with van der Waals surface area (Å²) in [6.07, 6.45) is 5.10. The topological polar surface area (TPSA) is 76.0 Å². The molecule has 0 saturated heterocycles. The van der Waals surface area contributed by atoms with Gasteiger partial charge in [0.1, 0.15) is 5.69 Å². The lowest BCUT2D eigenvalue weighted by Gasteiger charge is -1.95. The van der Waals surface area contributed by atoms with E-state index in [9.17, 15) is 0 Å². The second-order valence-electron chi connectivity index (χ2n) is 1.86. The van der Waals surface area contributed by atoms with Crippen LogP contribution in [-0.4, -0.2) is 26.8 Å². The second kappa shape index (κ2) is 2.41. The van der Waals surface area contributed by atoms with Gasteiger partial charge in [0, 0.05) is 6.21 Å². The highest BCUT2D eigenvalue weighted by Gasteiger charge is 2.02. The number of nitrogens with one attached hydrogen (secondary N) is 1. The summed E-state index contributed by atoms with van der Waals surface area (Å²) in [4.78, 5) is 0. The minimum atomic E-state index is 0.519. The number of hydrogen-bond acceptors (Lipinski definition) is 6. The van der Waals surface area contributed by atoms with Crippen molar-refractivity contribution in [3.63, 3.8) is 0 Å². The van der Waals surface area contributed by atoms with Gasteiger partial charge < -0.3 is 0 Å². The number of anilines is 1. The molecule has 6 nitrogen and oxygen atoms in total. The summed E-state index contributed by atoms with van der Waals surface area (Å²) in [5.41, 5.74) is 3.29. The molecule has 0 spiro atoms. The van der Waals surface area contributed by atoms with Crippen LogP contribution in [0.1, 0.15) is 5.69 Å². The molecule has 1 aromatic heterocycles.